The molecule has 1 fully saturated rings. The van der Waals surface area contributed by atoms with Gasteiger partial charge >= 0.3 is 0 Å². The summed E-state index contributed by atoms with van der Waals surface area (Å²) < 4.78 is 5.59. The van der Waals surface area contributed by atoms with E-state index in [1.54, 1.807) is 0 Å². The highest BCUT2D eigenvalue weighted by molar-refractivity contribution is 5.93. The van der Waals surface area contributed by atoms with Crippen molar-refractivity contribution in [2.75, 3.05) is 31.1 Å². The van der Waals surface area contributed by atoms with Gasteiger partial charge in [0, 0.05) is 25.3 Å². The van der Waals surface area contributed by atoms with Gasteiger partial charge in [0.25, 0.3) is 0 Å². The van der Waals surface area contributed by atoms with Crippen LogP contribution in [-0.4, -0.2) is 38.3 Å². The van der Waals surface area contributed by atoms with E-state index in [1.165, 1.54) is 5.56 Å². The third-order valence-electron chi connectivity index (χ3n) is 3.34. The number of carbonyl (C=O) groups is 1. The predicted molar refractivity (Wildman–Crippen MR) is 76.4 cm³/mol. The first-order valence-electron chi connectivity index (χ1n) is 6.90. The van der Waals surface area contributed by atoms with Gasteiger partial charge < -0.3 is 15.0 Å². The first kappa shape index (κ1) is 14.0. The number of morpholine rings is 1. The number of amides is 1. The molecule has 1 aliphatic rings. The minimum atomic E-state index is 0.000101. The maximum Gasteiger partial charge on any atom is 0.229 e. The van der Waals surface area contributed by atoms with Crippen LogP contribution in [0.3, 0.4) is 0 Å². The number of carbonyl (C=O) groups excluding carboxylic acids is 1. The van der Waals surface area contributed by atoms with Gasteiger partial charge in [0.2, 0.25) is 5.91 Å². The van der Waals surface area contributed by atoms with E-state index >= 15 is 0 Å². The van der Waals surface area contributed by atoms with Crippen molar-refractivity contribution in [3.05, 3.63) is 29.8 Å². The standard InChI is InChI=1S/C15H22N2O2/c1-3-17(13-6-4-5-12(2)9-13)15(18)10-14-11-16-7-8-19-14/h4-6,9,14,16H,3,7-8,10-11H2,1-2H3. The van der Waals surface area contributed by atoms with Crippen LogP contribution in [0.25, 0.3) is 0 Å². The van der Waals surface area contributed by atoms with Crippen LogP contribution in [-0.2, 0) is 9.53 Å². The fraction of sp³-hybridized carbons (Fsp3) is 0.533. The Morgan fingerprint density at radius 2 is 2.37 bits per heavy atom. The lowest BCUT2D eigenvalue weighted by Crippen LogP contribution is -2.42. The molecule has 2 rings (SSSR count). The summed E-state index contributed by atoms with van der Waals surface area (Å²) in [6, 6.07) is 8.05. The van der Waals surface area contributed by atoms with Crippen molar-refractivity contribution >= 4 is 11.6 Å². The smallest absolute Gasteiger partial charge is 0.229 e. The molecule has 0 spiro atoms. The average molecular weight is 262 g/mol. The van der Waals surface area contributed by atoms with Crippen LogP contribution in [0.4, 0.5) is 5.69 Å². The van der Waals surface area contributed by atoms with Gasteiger partial charge in [-0.15, -0.1) is 0 Å². The molecule has 1 aromatic carbocycles. The van der Waals surface area contributed by atoms with Crippen molar-refractivity contribution in [2.45, 2.75) is 26.4 Å². The minimum Gasteiger partial charge on any atom is -0.375 e. The van der Waals surface area contributed by atoms with Gasteiger partial charge in [0.1, 0.15) is 0 Å². The molecule has 104 valence electrons. The van der Waals surface area contributed by atoms with Crippen LogP contribution in [0.15, 0.2) is 24.3 Å². The highest BCUT2D eigenvalue weighted by Crippen LogP contribution is 2.17. The van der Waals surface area contributed by atoms with Crippen molar-refractivity contribution in [2.24, 2.45) is 0 Å². The molecular formula is C15H22N2O2. The Labute approximate surface area is 114 Å². The molecule has 1 N–H and O–H groups in total. The Hall–Kier alpha value is -1.39. The highest BCUT2D eigenvalue weighted by Gasteiger charge is 2.21. The van der Waals surface area contributed by atoms with Crippen LogP contribution in [0.1, 0.15) is 18.9 Å². The Balaban J connectivity index is 2.02. The van der Waals surface area contributed by atoms with E-state index in [0.29, 0.717) is 19.6 Å². The van der Waals surface area contributed by atoms with E-state index in [-0.39, 0.29) is 12.0 Å². The number of rotatable bonds is 4. The Kier molecular flexibility index (Phi) is 4.93. The van der Waals surface area contributed by atoms with Gasteiger partial charge in [-0.3, -0.25) is 4.79 Å². The fourth-order valence-electron chi connectivity index (χ4n) is 2.35. The van der Waals surface area contributed by atoms with E-state index in [0.717, 1.165) is 18.8 Å². The number of hydrogen-bond acceptors (Lipinski definition) is 3. The zero-order valence-corrected chi connectivity index (χ0v) is 11.7. The van der Waals surface area contributed by atoms with Crippen LogP contribution in [0.2, 0.25) is 0 Å². The van der Waals surface area contributed by atoms with Gasteiger partial charge in [0.05, 0.1) is 19.1 Å². The molecule has 0 aliphatic carbocycles. The highest BCUT2D eigenvalue weighted by atomic mass is 16.5. The SMILES string of the molecule is CCN(C(=O)CC1CNCCO1)c1cccc(C)c1. The summed E-state index contributed by atoms with van der Waals surface area (Å²) in [5.74, 6) is 0.127. The van der Waals surface area contributed by atoms with E-state index in [2.05, 4.69) is 5.32 Å². The molecule has 1 amide bonds. The molecule has 19 heavy (non-hydrogen) atoms. The van der Waals surface area contributed by atoms with Gasteiger partial charge in [-0.05, 0) is 31.5 Å². The molecule has 1 aliphatic heterocycles. The zero-order chi connectivity index (χ0) is 13.7. The zero-order valence-electron chi connectivity index (χ0n) is 11.7. The molecule has 4 nitrogen and oxygen atoms in total. The third-order valence-corrected chi connectivity index (χ3v) is 3.34. The molecule has 4 heteroatoms. The summed E-state index contributed by atoms with van der Waals surface area (Å²) in [5, 5.41) is 3.25. The van der Waals surface area contributed by atoms with E-state index in [4.69, 9.17) is 4.74 Å². The minimum absolute atomic E-state index is 0.000101. The first-order chi connectivity index (χ1) is 9.20. The molecule has 1 heterocycles. The number of anilines is 1. The van der Waals surface area contributed by atoms with Crippen molar-refractivity contribution in [1.82, 2.24) is 5.32 Å². The first-order valence-corrected chi connectivity index (χ1v) is 6.90. The maximum absolute atomic E-state index is 12.4. The summed E-state index contributed by atoms with van der Waals surface area (Å²) in [5.41, 5.74) is 2.13. The van der Waals surface area contributed by atoms with Gasteiger partial charge in [-0.25, -0.2) is 0 Å². The van der Waals surface area contributed by atoms with Crippen LogP contribution in [0.5, 0.6) is 0 Å². The molecule has 1 aromatic rings. The van der Waals surface area contributed by atoms with Gasteiger partial charge in [-0.2, -0.15) is 0 Å². The van der Waals surface area contributed by atoms with Crippen LogP contribution in [0, 0.1) is 6.92 Å². The third kappa shape index (κ3) is 3.78. The Bertz CT molecular complexity index is 428. The van der Waals surface area contributed by atoms with Crippen molar-refractivity contribution in [3.63, 3.8) is 0 Å². The predicted octanol–water partition coefficient (Wildman–Crippen LogP) is 1.73. The lowest BCUT2D eigenvalue weighted by atomic mass is 10.1. The largest absolute Gasteiger partial charge is 0.375 e. The summed E-state index contributed by atoms with van der Waals surface area (Å²) >= 11 is 0. The molecule has 0 aromatic heterocycles. The molecule has 0 bridgehead atoms. The normalized spacial score (nSPS) is 19.2. The van der Waals surface area contributed by atoms with Crippen molar-refractivity contribution < 1.29 is 9.53 Å². The molecule has 0 saturated carbocycles. The van der Waals surface area contributed by atoms with Gasteiger partial charge in [-0.1, -0.05) is 12.1 Å². The number of hydrogen-bond donors (Lipinski definition) is 1. The molecule has 1 unspecified atom stereocenters. The second kappa shape index (κ2) is 6.68. The van der Waals surface area contributed by atoms with Crippen molar-refractivity contribution in [1.29, 1.82) is 0 Å². The summed E-state index contributed by atoms with van der Waals surface area (Å²) in [4.78, 5) is 14.2. The molecule has 1 saturated heterocycles. The number of benzene rings is 1. The summed E-state index contributed by atoms with van der Waals surface area (Å²) in [6.45, 7) is 7.05. The topological polar surface area (TPSA) is 41.6 Å². The average Bonchev–Trinajstić information content (AvgIpc) is 2.41. The number of aryl methyl sites for hydroxylation is 1. The summed E-state index contributed by atoms with van der Waals surface area (Å²) in [7, 11) is 0. The van der Waals surface area contributed by atoms with Crippen LogP contribution >= 0.6 is 0 Å². The maximum atomic E-state index is 12.4. The number of ether oxygens (including phenoxy) is 1. The van der Waals surface area contributed by atoms with Crippen LogP contribution < -0.4 is 10.2 Å². The van der Waals surface area contributed by atoms with Crippen molar-refractivity contribution in [3.8, 4) is 0 Å². The van der Waals surface area contributed by atoms with E-state index < -0.39 is 0 Å². The fourth-order valence-corrected chi connectivity index (χ4v) is 2.35. The molecular weight excluding hydrogens is 240 g/mol. The van der Waals surface area contributed by atoms with E-state index in [1.807, 2.05) is 43.0 Å². The number of nitrogens with one attached hydrogen (secondary N) is 1. The Morgan fingerprint density at radius 3 is 3.00 bits per heavy atom. The summed E-state index contributed by atoms with van der Waals surface area (Å²) in [6.07, 6.45) is 0.439. The molecule has 0 radical (unpaired) electrons. The Morgan fingerprint density at radius 1 is 1.53 bits per heavy atom. The van der Waals surface area contributed by atoms with E-state index in [9.17, 15) is 4.79 Å². The second-order valence-electron chi connectivity index (χ2n) is 4.88. The lowest BCUT2D eigenvalue weighted by Gasteiger charge is -2.27. The number of nitrogens with zero attached hydrogens (tertiary/aromatic N) is 1. The monoisotopic (exact) mass is 262 g/mol. The quantitative estimate of drug-likeness (QED) is 0.898. The molecule has 1 atom stereocenters. The van der Waals surface area contributed by atoms with Gasteiger partial charge in [0.15, 0.2) is 0 Å². The lowest BCUT2D eigenvalue weighted by molar-refractivity contribution is -0.121. The second-order valence-corrected chi connectivity index (χ2v) is 4.88.